The molecule has 2 heterocycles. The van der Waals surface area contributed by atoms with Gasteiger partial charge in [0.2, 0.25) is 5.91 Å². The first-order valence-corrected chi connectivity index (χ1v) is 11.9. The Hall–Kier alpha value is -0.520. The van der Waals surface area contributed by atoms with Crippen LogP contribution in [0.5, 0.6) is 0 Å². The van der Waals surface area contributed by atoms with Gasteiger partial charge < -0.3 is 30.7 Å². The third kappa shape index (κ3) is 5.45. The Bertz CT molecular complexity index is 587. The molecule has 1 amide bonds. The van der Waals surface area contributed by atoms with E-state index >= 15 is 8.78 Å². The second-order valence-corrected chi connectivity index (χ2v) is 9.73. The molecule has 2 rings (SSSR count). The molecule has 0 aliphatic carbocycles. The van der Waals surface area contributed by atoms with Crippen LogP contribution in [0.15, 0.2) is 0 Å². The highest BCUT2D eigenvalue weighted by Gasteiger charge is 2.59. The topological polar surface area (TPSA) is 111 Å². The molecule has 10 heteroatoms. The van der Waals surface area contributed by atoms with E-state index in [0.29, 0.717) is 19.4 Å². The molecule has 2 aliphatic heterocycles. The molecule has 0 aromatic heterocycles. The quantitative estimate of drug-likeness (QED) is 0.375. The lowest BCUT2D eigenvalue weighted by molar-refractivity contribution is -0.310. The van der Waals surface area contributed by atoms with E-state index in [0.717, 1.165) is 24.6 Å². The van der Waals surface area contributed by atoms with Crippen LogP contribution in [0.25, 0.3) is 0 Å². The van der Waals surface area contributed by atoms with Crippen LogP contribution < -0.4 is 10.6 Å². The maximum absolute atomic E-state index is 15.9. The summed E-state index contributed by atoms with van der Waals surface area (Å²) >= 11 is 0.987. The van der Waals surface area contributed by atoms with Crippen LogP contribution in [0.4, 0.5) is 8.78 Å². The first kappa shape index (κ1) is 25.7. The Morgan fingerprint density at radius 1 is 1.30 bits per heavy atom. The molecule has 2 fully saturated rings. The molecule has 3 unspecified atom stereocenters. The molecule has 0 saturated carbocycles. The van der Waals surface area contributed by atoms with Gasteiger partial charge in [-0.1, -0.05) is 33.6 Å². The number of thioether (sulfide) groups is 1. The van der Waals surface area contributed by atoms with Crippen molar-refractivity contribution in [3.63, 3.8) is 0 Å². The number of halogens is 2. The summed E-state index contributed by atoms with van der Waals surface area (Å²) in [5.41, 5.74) is -2.57. The van der Waals surface area contributed by atoms with Crippen molar-refractivity contribution in [2.75, 3.05) is 12.8 Å². The van der Waals surface area contributed by atoms with Gasteiger partial charge in [-0.3, -0.25) is 4.79 Å². The Balaban J connectivity index is 2.17. The summed E-state index contributed by atoms with van der Waals surface area (Å²) in [6.07, 6.45) is -1.48. The summed E-state index contributed by atoms with van der Waals surface area (Å²) in [4.78, 5) is 12.9. The monoisotopic (exact) mass is 454 g/mol. The molecule has 176 valence electrons. The predicted octanol–water partition coefficient (Wildman–Crippen LogP) is 1.25. The minimum Gasteiger partial charge on any atom is -0.387 e. The number of carbonyl (C=O) groups excluding carboxylic acids is 1. The number of aliphatic hydroxyl groups excluding tert-OH is 3. The zero-order valence-corrected chi connectivity index (χ0v) is 18.9. The lowest BCUT2D eigenvalue weighted by Gasteiger charge is -2.48. The third-order valence-corrected chi connectivity index (χ3v) is 6.94. The summed E-state index contributed by atoms with van der Waals surface area (Å²) in [6, 6.07) is -2.15. The highest BCUT2D eigenvalue weighted by atomic mass is 32.2. The number of hydrogen-bond donors (Lipinski definition) is 5. The van der Waals surface area contributed by atoms with Crippen LogP contribution in [0.1, 0.15) is 52.9 Å². The normalized spacial score (nSPS) is 40.9. The van der Waals surface area contributed by atoms with Crippen molar-refractivity contribution >= 4 is 17.7 Å². The molecule has 7 nitrogen and oxygen atoms in total. The molecule has 0 bridgehead atoms. The largest absolute Gasteiger partial charge is 0.387 e. The van der Waals surface area contributed by atoms with Gasteiger partial charge in [0.25, 0.3) is 5.85 Å². The predicted molar refractivity (Wildman–Crippen MR) is 111 cm³/mol. The van der Waals surface area contributed by atoms with E-state index in [2.05, 4.69) is 10.6 Å². The van der Waals surface area contributed by atoms with Crippen LogP contribution in [0.2, 0.25) is 0 Å². The number of ether oxygens (including phenoxy) is 1. The first-order chi connectivity index (χ1) is 14.0. The first-order valence-electron chi connectivity index (χ1n) is 10.7. The Morgan fingerprint density at radius 2 is 1.97 bits per heavy atom. The van der Waals surface area contributed by atoms with Gasteiger partial charge in [-0.05, 0) is 31.6 Å². The minimum absolute atomic E-state index is 0.0128. The lowest BCUT2D eigenvalue weighted by atomic mass is 9.84. The zero-order chi connectivity index (χ0) is 22.7. The van der Waals surface area contributed by atoms with Gasteiger partial charge in [-0.25, -0.2) is 8.78 Å². The molecule has 2 saturated heterocycles. The summed E-state index contributed by atoms with van der Waals surface area (Å²) in [7, 11) is 0. The molecular weight excluding hydrogens is 418 g/mol. The second kappa shape index (κ2) is 10.4. The number of carbonyl (C=O) groups is 1. The molecule has 0 radical (unpaired) electrons. The SMILES string of the molecule is CCCCC1(F)CCNC(C(=O)NC(C(C)C)[C@]2(F)O[C@@H](SC)[C@@H](O)[C@H](O)[C@@H]2O)C1. The van der Waals surface area contributed by atoms with Gasteiger partial charge in [-0.15, -0.1) is 11.8 Å². The maximum atomic E-state index is 15.9. The van der Waals surface area contributed by atoms with Gasteiger partial charge in [-0.2, -0.15) is 0 Å². The number of amides is 1. The number of rotatable bonds is 8. The van der Waals surface area contributed by atoms with Gasteiger partial charge in [0.1, 0.15) is 29.4 Å². The van der Waals surface area contributed by atoms with Crippen LogP contribution in [0, 0.1) is 5.92 Å². The molecular formula is C20H36F2N2O5S. The van der Waals surface area contributed by atoms with E-state index in [1.807, 2.05) is 6.92 Å². The van der Waals surface area contributed by atoms with Crippen LogP contribution in [-0.4, -0.2) is 81.4 Å². The standard InChI is InChI=1S/C20H36F2N2O5S/c1-5-6-7-19(21)8-9-23-12(10-19)17(28)24-15(11(2)3)20(22)16(27)13(25)14(26)18(29-20)30-4/h11-16,18,23,25-27H,5-10H2,1-4H3,(H,24,28)/t12?,13-,14-,15?,16-,18-,19?,20-/m0/s1. The summed E-state index contributed by atoms with van der Waals surface area (Å²) < 4.78 is 36.4. The van der Waals surface area contributed by atoms with Crippen LogP contribution in [-0.2, 0) is 9.53 Å². The number of hydrogen-bond acceptors (Lipinski definition) is 7. The maximum Gasteiger partial charge on any atom is 0.259 e. The number of piperidine rings is 1. The Labute approximate surface area is 181 Å². The van der Waals surface area contributed by atoms with Crippen molar-refractivity contribution in [2.24, 2.45) is 5.92 Å². The van der Waals surface area contributed by atoms with Crippen LogP contribution in [0.3, 0.4) is 0 Å². The van der Waals surface area contributed by atoms with E-state index in [-0.39, 0.29) is 6.42 Å². The molecule has 5 N–H and O–H groups in total. The fourth-order valence-corrected chi connectivity index (χ4v) is 4.92. The van der Waals surface area contributed by atoms with Crippen molar-refractivity contribution < 1.29 is 33.6 Å². The summed E-state index contributed by atoms with van der Waals surface area (Å²) in [5, 5.41) is 36.1. The van der Waals surface area contributed by atoms with E-state index in [4.69, 9.17) is 4.74 Å². The fraction of sp³-hybridized carbons (Fsp3) is 0.950. The van der Waals surface area contributed by atoms with E-state index in [1.54, 1.807) is 20.1 Å². The van der Waals surface area contributed by atoms with Crippen molar-refractivity contribution in [3.05, 3.63) is 0 Å². The van der Waals surface area contributed by atoms with Gasteiger partial charge in [0, 0.05) is 6.42 Å². The van der Waals surface area contributed by atoms with E-state index in [1.165, 1.54) is 0 Å². The van der Waals surface area contributed by atoms with Gasteiger partial charge >= 0.3 is 0 Å². The average Bonchev–Trinajstić information content (AvgIpc) is 2.71. The molecule has 8 atom stereocenters. The molecule has 30 heavy (non-hydrogen) atoms. The number of unbranched alkanes of at least 4 members (excludes halogenated alkanes) is 1. The average molecular weight is 455 g/mol. The molecule has 0 spiro atoms. The van der Waals surface area contributed by atoms with Crippen LogP contribution >= 0.6 is 11.8 Å². The number of aliphatic hydroxyl groups is 3. The van der Waals surface area contributed by atoms with Crippen molar-refractivity contribution in [1.29, 1.82) is 0 Å². The van der Waals surface area contributed by atoms with E-state index < -0.39 is 59.2 Å². The van der Waals surface area contributed by atoms with Gasteiger partial charge in [0.05, 0.1) is 12.1 Å². The van der Waals surface area contributed by atoms with Crippen molar-refractivity contribution in [1.82, 2.24) is 10.6 Å². The number of alkyl halides is 2. The van der Waals surface area contributed by atoms with E-state index in [9.17, 15) is 20.1 Å². The summed E-state index contributed by atoms with van der Waals surface area (Å²) in [5.74, 6) is -3.92. The highest BCUT2D eigenvalue weighted by molar-refractivity contribution is 7.99. The highest BCUT2D eigenvalue weighted by Crippen LogP contribution is 2.39. The van der Waals surface area contributed by atoms with Gasteiger partial charge in [0.15, 0.2) is 0 Å². The Kier molecular flexibility index (Phi) is 8.92. The summed E-state index contributed by atoms with van der Waals surface area (Å²) in [6.45, 7) is 5.60. The molecule has 0 aromatic rings. The number of nitrogens with one attached hydrogen (secondary N) is 2. The zero-order valence-electron chi connectivity index (χ0n) is 18.1. The van der Waals surface area contributed by atoms with Crippen molar-refractivity contribution in [3.8, 4) is 0 Å². The lowest BCUT2D eigenvalue weighted by Crippen LogP contribution is -2.70. The third-order valence-electron chi connectivity index (χ3n) is 6.10. The molecule has 0 aromatic carbocycles. The fourth-order valence-electron chi connectivity index (χ4n) is 4.23. The smallest absolute Gasteiger partial charge is 0.259 e. The Morgan fingerprint density at radius 3 is 2.53 bits per heavy atom. The second-order valence-electron chi connectivity index (χ2n) is 8.79. The minimum atomic E-state index is -2.82. The van der Waals surface area contributed by atoms with Crippen molar-refractivity contribution in [2.45, 2.75) is 100 Å². The molecule has 2 aliphatic rings.